The van der Waals surface area contributed by atoms with E-state index in [9.17, 15) is 4.39 Å². The third-order valence-corrected chi connectivity index (χ3v) is 6.32. The van der Waals surface area contributed by atoms with Gasteiger partial charge in [0.1, 0.15) is 11.6 Å². The minimum absolute atomic E-state index is 0.0126. The summed E-state index contributed by atoms with van der Waals surface area (Å²) in [7, 11) is 0. The van der Waals surface area contributed by atoms with Gasteiger partial charge in [-0.25, -0.2) is 9.37 Å². The number of aryl methyl sites for hydroxylation is 3. The number of fused-ring (bicyclic) bond motifs is 1. The van der Waals surface area contributed by atoms with Crippen LogP contribution in [0.15, 0.2) is 48.5 Å². The van der Waals surface area contributed by atoms with Crippen LogP contribution in [0.1, 0.15) is 101 Å². The Morgan fingerprint density at radius 3 is 2.20 bits per heavy atom. The molecule has 1 N–H and O–H groups in total. The van der Waals surface area contributed by atoms with Crippen molar-refractivity contribution in [2.75, 3.05) is 5.32 Å². The van der Waals surface area contributed by atoms with E-state index >= 15 is 0 Å². The van der Waals surface area contributed by atoms with Crippen LogP contribution in [-0.2, 0) is 12.8 Å². The first-order valence-electron chi connectivity index (χ1n) is 13.5. The molecule has 0 amide bonds. The van der Waals surface area contributed by atoms with Gasteiger partial charge in [-0.1, -0.05) is 77.3 Å². The lowest BCUT2D eigenvalue weighted by atomic mass is 9.90. The summed E-state index contributed by atoms with van der Waals surface area (Å²) in [4.78, 5) is 5.03. The van der Waals surface area contributed by atoms with Crippen LogP contribution in [0.25, 0.3) is 11.3 Å². The molecule has 0 saturated carbocycles. The maximum Gasteiger partial charge on any atom is 0.130 e. The number of anilines is 1. The SMILES string of the molecule is CCC.CCCC.Cc1ccccc1-c1cc2c(c(NC(C)c3cc(F)ccc3C)n1)CCCC2. The Balaban J connectivity index is 0.000000551. The van der Waals surface area contributed by atoms with E-state index < -0.39 is 0 Å². The average molecular weight is 477 g/mol. The number of rotatable bonds is 5. The van der Waals surface area contributed by atoms with Crippen LogP contribution >= 0.6 is 0 Å². The maximum absolute atomic E-state index is 13.8. The lowest BCUT2D eigenvalue weighted by Crippen LogP contribution is -2.15. The largest absolute Gasteiger partial charge is 0.363 e. The molecule has 0 spiro atoms. The number of halogens is 1. The smallest absolute Gasteiger partial charge is 0.130 e. The lowest BCUT2D eigenvalue weighted by molar-refractivity contribution is 0.622. The fourth-order valence-corrected chi connectivity index (χ4v) is 4.22. The number of pyridine rings is 1. The zero-order chi connectivity index (χ0) is 25.8. The van der Waals surface area contributed by atoms with Crippen LogP contribution in [-0.4, -0.2) is 4.98 Å². The molecule has 1 aliphatic carbocycles. The lowest BCUT2D eigenvalue weighted by Gasteiger charge is -2.24. The summed E-state index contributed by atoms with van der Waals surface area (Å²) < 4.78 is 13.8. The third kappa shape index (κ3) is 8.19. The molecule has 0 radical (unpaired) electrons. The molecule has 0 bridgehead atoms. The van der Waals surface area contributed by atoms with E-state index in [1.807, 2.05) is 13.0 Å². The van der Waals surface area contributed by atoms with Crippen LogP contribution in [0.4, 0.5) is 10.2 Å². The Kier molecular flexibility index (Phi) is 12.0. The van der Waals surface area contributed by atoms with Crippen LogP contribution in [0.5, 0.6) is 0 Å². The van der Waals surface area contributed by atoms with E-state index in [0.29, 0.717) is 0 Å². The van der Waals surface area contributed by atoms with Crippen molar-refractivity contribution < 1.29 is 4.39 Å². The number of nitrogens with one attached hydrogen (secondary N) is 1. The highest BCUT2D eigenvalue weighted by molar-refractivity contribution is 5.68. The number of unbranched alkanes of at least 4 members (excludes halogenated alkanes) is 1. The molecule has 4 rings (SSSR count). The van der Waals surface area contributed by atoms with Crippen molar-refractivity contribution in [1.82, 2.24) is 4.98 Å². The quantitative estimate of drug-likeness (QED) is 0.396. The summed E-state index contributed by atoms with van der Waals surface area (Å²) >= 11 is 0. The molecule has 3 heteroatoms. The second-order valence-electron chi connectivity index (χ2n) is 9.59. The fraction of sp³-hybridized carbons (Fsp3) is 0.469. The summed E-state index contributed by atoms with van der Waals surface area (Å²) in [5, 5.41) is 3.61. The first kappa shape index (κ1) is 28.6. The molecule has 190 valence electrons. The van der Waals surface area contributed by atoms with Crippen molar-refractivity contribution in [3.05, 3.63) is 82.2 Å². The summed E-state index contributed by atoms with van der Waals surface area (Å²) in [6.45, 7) is 14.8. The van der Waals surface area contributed by atoms with E-state index in [4.69, 9.17) is 4.98 Å². The second-order valence-corrected chi connectivity index (χ2v) is 9.59. The molecule has 1 aliphatic rings. The normalized spacial score (nSPS) is 12.9. The van der Waals surface area contributed by atoms with Gasteiger partial charge in [0.15, 0.2) is 0 Å². The minimum atomic E-state index is -0.196. The number of nitrogens with zero attached hydrogens (tertiary/aromatic N) is 1. The zero-order valence-electron chi connectivity index (χ0n) is 23.0. The Morgan fingerprint density at radius 2 is 1.54 bits per heavy atom. The predicted octanol–water partition coefficient (Wildman–Crippen LogP) is 9.78. The minimum Gasteiger partial charge on any atom is -0.363 e. The van der Waals surface area contributed by atoms with Crippen molar-refractivity contribution in [3.8, 4) is 11.3 Å². The summed E-state index contributed by atoms with van der Waals surface area (Å²) in [5.41, 5.74) is 8.20. The summed E-state index contributed by atoms with van der Waals surface area (Å²) in [6.07, 6.45) is 8.45. The average Bonchev–Trinajstić information content (AvgIpc) is 2.86. The van der Waals surface area contributed by atoms with Crippen molar-refractivity contribution in [2.45, 2.75) is 99.5 Å². The van der Waals surface area contributed by atoms with Gasteiger partial charge >= 0.3 is 0 Å². The van der Waals surface area contributed by atoms with Gasteiger partial charge in [-0.3, -0.25) is 0 Å². The highest BCUT2D eigenvalue weighted by atomic mass is 19.1. The van der Waals surface area contributed by atoms with Crippen LogP contribution in [0.2, 0.25) is 0 Å². The van der Waals surface area contributed by atoms with Crippen LogP contribution < -0.4 is 5.32 Å². The van der Waals surface area contributed by atoms with Crippen molar-refractivity contribution in [2.24, 2.45) is 0 Å². The number of aromatic nitrogens is 1. The van der Waals surface area contributed by atoms with E-state index in [2.05, 4.69) is 77.2 Å². The maximum atomic E-state index is 13.8. The Morgan fingerprint density at radius 1 is 0.886 bits per heavy atom. The molecule has 1 aromatic heterocycles. The van der Waals surface area contributed by atoms with Gasteiger partial charge in [0.05, 0.1) is 11.7 Å². The molecule has 1 atom stereocenters. The highest BCUT2D eigenvalue weighted by Gasteiger charge is 2.20. The molecule has 1 unspecified atom stereocenters. The van der Waals surface area contributed by atoms with E-state index in [1.54, 1.807) is 6.07 Å². The molecular weight excluding hydrogens is 431 g/mol. The van der Waals surface area contributed by atoms with Crippen LogP contribution in [0.3, 0.4) is 0 Å². The number of benzene rings is 2. The van der Waals surface area contributed by atoms with Crippen molar-refractivity contribution >= 4 is 5.82 Å². The van der Waals surface area contributed by atoms with E-state index in [0.717, 1.165) is 35.5 Å². The van der Waals surface area contributed by atoms with Crippen LogP contribution in [0, 0.1) is 19.7 Å². The van der Waals surface area contributed by atoms with Crippen molar-refractivity contribution in [1.29, 1.82) is 0 Å². The van der Waals surface area contributed by atoms with Gasteiger partial charge in [-0.2, -0.15) is 0 Å². The third-order valence-electron chi connectivity index (χ3n) is 6.32. The molecule has 3 aromatic rings. The van der Waals surface area contributed by atoms with Gasteiger partial charge in [0, 0.05) is 5.56 Å². The molecule has 35 heavy (non-hydrogen) atoms. The fourth-order valence-electron chi connectivity index (χ4n) is 4.22. The van der Waals surface area contributed by atoms with Crippen molar-refractivity contribution in [3.63, 3.8) is 0 Å². The predicted molar refractivity (Wildman–Crippen MR) is 151 cm³/mol. The molecule has 0 fully saturated rings. The Labute approximate surface area is 213 Å². The number of hydrogen-bond acceptors (Lipinski definition) is 2. The Hall–Kier alpha value is -2.68. The van der Waals surface area contributed by atoms with Gasteiger partial charge in [0.2, 0.25) is 0 Å². The highest BCUT2D eigenvalue weighted by Crippen LogP contribution is 2.34. The van der Waals surface area contributed by atoms with E-state index in [1.165, 1.54) is 60.4 Å². The second kappa shape index (κ2) is 14.7. The van der Waals surface area contributed by atoms with E-state index in [-0.39, 0.29) is 11.9 Å². The molecule has 0 aliphatic heterocycles. The zero-order valence-corrected chi connectivity index (χ0v) is 23.0. The van der Waals surface area contributed by atoms with Gasteiger partial charge in [-0.15, -0.1) is 0 Å². The first-order chi connectivity index (χ1) is 16.9. The molecule has 2 nitrogen and oxygen atoms in total. The van der Waals surface area contributed by atoms with Gasteiger partial charge in [-0.05, 0) is 92.5 Å². The molecule has 1 heterocycles. The standard InChI is InChI=1S/C25H27FN2.C4H10.C3H8/c1-16-8-4-6-10-21(16)24-14-19-9-5-7-11-22(19)25(28-24)27-18(3)23-15-20(26)13-12-17(23)2;1-3-4-2;1-3-2/h4,6,8,10,12-15,18H,5,7,9,11H2,1-3H3,(H,27,28);3-4H2,1-2H3;3H2,1-2H3. The molecule has 2 aromatic carbocycles. The van der Waals surface area contributed by atoms with Gasteiger partial charge < -0.3 is 5.32 Å². The Bertz CT molecular complexity index is 1060. The topological polar surface area (TPSA) is 24.9 Å². The first-order valence-corrected chi connectivity index (χ1v) is 13.5. The monoisotopic (exact) mass is 476 g/mol. The molecule has 0 saturated heterocycles. The van der Waals surface area contributed by atoms with Gasteiger partial charge in [0.25, 0.3) is 0 Å². The summed E-state index contributed by atoms with van der Waals surface area (Å²) in [5.74, 6) is 0.754. The summed E-state index contributed by atoms with van der Waals surface area (Å²) in [6, 6.07) is 15.6. The molecular formula is C32H45FN2. The number of hydrogen-bond donors (Lipinski definition) is 1.